The van der Waals surface area contributed by atoms with E-state index in [1.165, 1.54) is 6.92 Å². The van der Waals surface area contributed by atoms with Crippen molar-refractivity contribution >= 4 is 26.4 Å². The van der Waals surface area contributed by atoms with Gasteiger partial charge in [0.1, 0.15) is 0 Å². The zero-order valence-corrected chi connectivity index (χ0v) is 11.4. The molecule has 1 aromatic carbocycles. The highest BCUT2D eigenvalue weighted by Crippen LogP contribution is 2.17. The third-order valence-electron chi connectivity index (χ3n) is 1.63. The molecule has 0 aliphatic heterocycles. The van der Waals surface area contributed by atoms with E-state index in [1.807, 2.05) is 0 Å². The van der Waals surface area contributed by atoms with Crippen LogP contribution in [0.4, 0.5) is 5.69 Å². The van der Waals surface area contributed by atoms with E-state index in [-0.39, 0.29) is 0 Å². The number of para-hydroxylation sites is 1. The van der Waals surface area contributed by atoms with Gasteiger partial charge in [-0.3, -0.25) is 13.7 Å². The van der Waals surface area contributed by atoms with E-state index in [1.54, 1.807) is 30.3 Å². The molecule has 0 aliphatic rings. The maximum absolute atomic E-state index is 11.0. The molecule has 1 atom stereocenters. The molecule has 0 fully saturated rings. The summed E-state index contributed by atoms with van der Waals surface area (Å²) in [6, 6.07) is 8.17. The average molecular weight is 314 g/mol. The first kappa shape index (κ1) is 17.8. The fraction of sp³-hybridized carbons (Fsp3) is 0.250. The summed E-state index contributed by atoms with van der Waals surface area (Å²) in [5.74, 6) is 0. The van der Waals surface area contributed by atoms with E-state index in [4.69, 9.17) is 27.8 Å². The predicted octanol–water partition coefficient (Wildman–Crippen LogP) is -0.0523. The van der Waals surface area contributed by atoms with Gasteiger partial charge in [-0.05, 0) is 19.1 Å². The molecule has 0 spiro atoms. The molecule has 0 bridgehead atoms. The number of hydrogen-bond acceptors (Lipinski definition) is 5. The molecule has 19 heavy (non-hydrogen) atoms. The normalized spacial score (nSPS) is 13.1. The van der Waals surface area contributed by atoms with Crippen LogP contribution >= 0.6 is 0 Å². The second kappa shape index (κ2) is 6.79. The zero-order chi connectivity index (χ0) is 15.3. The van der Waals surface area contributed by atoms with Gasteiger partial charge in [0, 0.05) is 0 Å². The van der Waals surface area contributed by atoms with Crippen LogP contribution in [0.5, 0.6) is 0 Å². The summed E-state index contributed by atoms with van der Waals surface area (Å²) in [7, 11) is -8.98. The molecule has 11 heteroatoms. The highest BCUT2D eigenvalue weighted by Gasteiger charge is 2.22. The Bertz CT molecular complexity index is 575. The molecule has 0 saturated carbocycles. The van der Waals surface area contributed by atoms with Gasteiger partial charge in [-0.25, -0.2) is 4.31 Å². The van der Waals surface area contributed by atoms with Gasteiger partial charge in [0.25, 0.3) is 0 Å². The third-order valence-corrected chi connectivity index (χ3v) is 2.67. The molecule has 0 saturated heterocycles. The van der Waals surface area contributed by atoms with E-state index in [2.05, 4.69) is 0 Å². The van der Waals surface area contributed by atoms with E-state index in [0.717, 1.165) is 4.31 Å². The van der Waals surface area contributed by atoms with Crippen molar-refractivity contribution in [1.29, 1.82) is 0 Å². The van der Waals surface area contributed by atoms with Crippen molar-refractivity contribution in [2.75, 3.05) is 4.31 Å². The van der Waals surface area contributed by atoms with Crippen LogP contribution in [0.2, 0.25) is 0 Å². The lowest BCUT2D eigenvalue weighted by Gasteiger charge is -2.24. The zero-order valence-electron chi connectivity index (χ0n) is 9.78. The Balaban J connectivity index is 0.000000555. The van der Waals surface area contributed by atoms with E-state index in [9.17, 15) is 8.42 Å². The van der Waals surface area contributed by atoms with Gasteiger partial charge in [0.05, 0.1) is 11.9 Å². The highest BCUT2D eigenvalue weighted by molar-refractivity contribution is 7.87. The van der Waals surface area contributed by atoms with E-state index >= 15 is 0 Å². The van der Waals surface area contributed by atoms with Crippen molar-refractivity contribution in [3.8, 4) is 0 Å². The van der Waals surface area contributed by atoms with Crippen molar-refractivity contribution in [3.05, 3.63) is 30.3 Å². The Morgan fingerprint density at radius 3 is 1.68 bits per heavy atom. The van der Waals surface area contributed by atoms with Crippen LogP contribution in [0.3, 0.4) is 0 Å². The number of hydrogen-bond donors (Lipinski definition) is 4. The van der Waals surface area contributed by atoms with Gasteiger partial charge in [-0.15, -0.1) is 0 Å². The van der Waals surface area contributed by atoms with Crippen LogP contribution in [0, 0.1) is 0 Å². The van der Waals surface area contributed by atoms with Gasteiger partial charge in [0.2, 0.25) is 0 Å². The summed E-state index contributed by atoms with van der Waals surface area (Å²) in [6.07, 6.45) is -0.813. The first-order valence-electron chi connectivity index (χ1n) is 4.70. The van der Waals surface area contributed by atoms with Crippen LogP contribution in [0.1, 0.15) is 6.92 Å². The molecule has 9 nitrogen and oxygen atoms in total. The summed E-state index contributed by atoms with van der Waals surface area (Å²) < 4.78 is 63.2. The quantitative estimate of drug-likeness (QED) is 0.446. The van der Waals surface area contributed by atoms with E-state index < -0.39 is 26.9 Å². The summed E-state index contributed by atoms with van der Waals surface area (Å²) in [5.41, 5.74) is 5.78. The Hall–Kier alpha value is -1.24. The van der Waals surface area contributed by atoms with Gasteiger partial charge < -0.3 is 5.73 Å². The second-order valence-electron chi connectivity index (χ2n) is 3.30. The topological polar surface area (TPSA) is 158 Å². The number of benzene rings is 1. The lowest BCUT2D eigenvalue weighted by molar-refractivity contribution is 0.381. The molecular formula is C8H14N2O7S2. The lowest BCUT2D eigenvalue weighted by atomic mass is 10.3. The second-order valence-corrected chi connectivity index (χ2v) is 5.48. The maximum Gasteiger partial charge on any atom is 0.394 e. The number of nitrogens with two attached hydrogens (primary N) is 1. The highest BCUT2D eigenvalue weighted by atomic mass is 32.3. The molecule has 0 aromatic heterocycles. The van der Waals surface area contributed by atoms with Crippen molar-refractivity contribution < 1.29 is 30.5 Å². The van der Waals surface area contributed by atoms with Crippen molar-refractivity contribution in [1.82, 2.24) is 0 Å². The number of anilines is 1. The Morgan fingerprint density at radius 2 is 1.42 bits per heavy atom. The van der Waals surface area contributed by atoms with Crippen LogP contribution < -0.4 is 10.0 Å². The monoisotopic (exact) mass is 314 g/mol. The molecule has 0 radical (unpaired) electrons. The first-order valence-corrected chi connectivity index (χ1v) is 7.49. The van der Waals surface area contributed by atoms with Crippen LogP contribution in [0.15, 0.2) is 30.3 Å². The van der Waals surface area contributed by atoms with Crippen LogP contribution in [0.25, 0.3) is 0 Å². The maximum atomic E-state index is 11.0. The minimum absolute atomic E-state index is 0.338. The lowest BCUT2D eigenvalue weighted by Crippen LogP contribution is -2.43. The number of nitrogens with zero attached hydrogens (tertiary/aromatic N) is 1. The largest absolute Gasteiger partial charge is 0.394 e. The number of rotatable bonds is 3. The first-order chi connectivity index (χ1) is 8.43. The molecule has 0 aliphatic carbocycles. The Morgan fingerprint density at radius 1 is 1.05 bits per heavy atom. The van der Waals surface area contributed by atoms with Gasteiger partial charge in [0.15, 0.2) is 0 Å². The third kappa shape index (κ3) is 8.47. The van der Waals surface area contributed by atoms with Gasteiger partial charge in [-0.2, -0.15) is 16.8 Å². The van der Waals surface area contributed by atoms with Crippen molar-refractivity contribution in [2.24, 2.45) is 5.73 Å². The molecular weight excluding hydrogens is 300 g/mol. The van der Waals surface area contributed by atoms with Crippen molar-refractivity contribution in [3.63, 3.8) is 0 Å². The molecule has 1 rings (SSSR count). The Labute approximate surface area is 111 Å². The summed E-state index contributed by atoms with van der Waals surface area (Å²) in [4.78, 5) is 0. The minimum Gasteiger partial charge on any atom is -0.311 e. The molecule has 1 aromatic rings. The van der Waals surface area contributed by atoms with Gasteiger partial charge >= 0.3 is 20.7 Å². The van der Waals surface area contributed by atoms with E-state index in [0.29, 0.717) is 5.69 Å². The minimum atomic E-state index is -4.67. The Kier molecular flexibility index (Phi) is 6.35. The summed E-state index contributed by atoms with van der Waals surface area (Å²) >= 11 is 0. The molecule has 110 valence electrons. The molecule has 0 amide bonds. The fourth-order valence-electron chi connectivity index (χ4n) is 1.15. The summed E-state index contributed by atoms with van der Waals surface area (Å²) in [6.45, 7) is 1.47. The van der Waals surface area contributed by atoms with Gasteiger partial charge in [-0.1, -0.05) is 18.2 Å². The average Bonchev–Trinajstić information content (AvgIpc) is 2.13. The molecule has 5 N–H and O–H groups in total. The van der Waals surface area contributed by atoms with Crippen LogP contribution in [-0.2, 0) is 20.7 Å². The SMILES string of the molecule is CC(N)N(c1ccccc1)S(=O)(=O)O.O=S(=O)(O)O. The van der Waals surface area contributed by atoms with Crippen LogP contribution in [-0.4, -0.2) is 36.7 Å². The smallest absolute Gasteiger partial charge is 0.311 e. The van der Waals surface area contributed by atoms with Crippen molar-refractivity contribution in [2.45, 2.75) is 13.1 Å². The fourth-order valence-corrected chi connectivity index (χ4v) is 1.96. The standard InChI is InChI=1S/C8H12N2O3S.H2O4S/c1-7(9)10(14(11,12)13)8-5-3-2-4-6-8;1-5(2,3)4/h2-7H,9H2,1H3,(H,11,12,13);(H2,1,2,3,4). The summed E-state index contributed by atoms with van der Waals surface area (Å²) in [5, 5.41) is 0. The molecule has 1 unspecified atom stereocenters. The molecule has 0 heterocycles. The predicted molar refractivity (Wildman–Crippen MR) is 68.3 cm³/mol.